The molecular weight excluding hydrogens is 310 g/mol. The van der Waals surface area contributed by atoms with Crippen LogP contribution in [0.15, 0.2) is 45.6 Å². The Morgan fingerprint density at radius 3 is 1.70 bits per heavy atom. The number of carbonyl (C=O) groups is 2. The fourth-order valence-corrected chi connectivity index (χ4v) is 1.86. The minimum Gasteiger partial charge on any atom is -0.467 e. The summed E-state index contributed by atoms with van der Waals surface area (Å²) in [6, 6.07) is 6.47. The Labute approximate surface area is 130 Å². The molecule has 0 saturated heterocycles. The summed E-state index contributed by atoms with van der Waals surface area (Å²) in [5.41, 5.74) is 0. The fraction of sp³-hybridized carbons (Fsp3) is 0.333. The van der Waals surface area contributed by atoms with Crippen LogP contribution in [0.4, 0.5) is 8.78 Å². The maximum atomic E-state index is 13.7. The van der Waals surface area contributed by atoms with Gasteiger partial charge in [0.25, 0.3) is 5.92 Å². The second-order valence-corrected chi connectivity index (χ2v) is 4.92. The van der Waals surface area contributed by atoms with Gasteiger partial charge in [0.05, 0.1) is 38.5 Å². The van der Waals surface area contributed by atoms with Gasteiger partial charge in [0.15, 0.2) is 0 Å². The van der Waals surface area contributed by atoms with Crippen molar-refractivity contribution < 1.29 is 27.2 Å². The third-order valence-corrected chi connectivity index (χ3v) is 2.92. The summed E-state index contributed by atoms with van der Waals surface area (Å²) in [4.78, 5) is 23.0. The Balaban J connectivity index is 1.71. The van der Waals surface area contributed by atoms with Crippen molar-refractivity contribution in [3.05, 3.63) is 48.3 Å². The van der Waals surface area contributed by atoms with Gasteiger partial charge in [0, 0.05) is 0 Å². The molecule has 0 radical (unpaired) electrons. The van der Waals surface area contributed by atoms with Crippen LogP contribution in [0.5, 0.6) is 0 Å². The highest BCUT2D eigenvalue weighted by Crippen LogP contribution is 2.22. The van der Waals surface area contributed by atoms with E-state index in [0.29, 0.717) is 11.5 Å². The molecular formula is C15H16F2N2O4. The molecule has 2 aromatic heterocycles. The summed E-state index contributed by atoms with van der Waals surface area (Å²) in [5.74, 6) is -4.23. The van der Waals surface area contributed by atoms with Crippen molar-refractivity contribution in [2.75, 3.05) is 0 Å². The van der Waals surface area contributed by atoms with Crippen LogP contribution in [0.25, 0.3) is 0 Å². The third kappa shape index (κ3) is 5.93. The first-order valence-electron chi connectivity index (χ1n) is 6.90. The second-order valence-electron chi connectivity index (χ2n) is 4.92. The lowest BCUT2D eigenvalue weighted by molar-refractivity contribution is -0.135. The molecule has 0 aliphatic carbocycles. The maximum absolute atomic E-state index is 13.7. The smallest absolute Gasteiger partial charge is 0.265 e. The van der Waals surface area contributed by atoms with Crippen molar-refractivity contribution >= 4 is 11.8 Å². The number of amides is 2. The molecule has 23 heavy (non-hydrogen) atoms. The van der Waals surface area contributed by atoms with Crippen LogP contribution in [0.2, 0.25) is 0 Å². The lowest BCUT2D eigenvalue weighted by atomic mass is 10.1. The average molecular weight is 326 g/mol. The van der Waals surface area contributed by atoms with Crippen LogP contribution >= 0.6 is 0 Å². The molecule has 2 aromatic rings. The van der Waals surface area contributed by atoms with Crippen molar-refractivity contribution in [2.45, 2.75) is 31.9 Å². The number of nitrogens with one attached hydrogen (secondary N) is 2. The molecule has 2 amide bonds. The van der Waals surface area contributed by atoms with Gasteiger partial charge in [-0.05, 0) is 24.3 Å². The summed E-state index contributed by atoms with van der Waals surface area (Å²) < 4.78 is 37.3. The average Bonchev–Trinajstić information content (AvgIpc) is 3.15. The van der Waals surface area contributed by atoms with Gasteiger partial charge in [-0.2, -0.15) is 0 Å². The summed E-state index contributed by atoms with van der Waals surface area (Å²) >= 11 is 0. The predicted octanol–water partition coefficient (Wildman–Crippen LogP) is 2.22. The van der Waals surface area contributed by atoms with Gasteiger partial charge in [-0.3, -0.25) is 9.59 Å². The summed E-state index contributed by atoms with van der Waals surface area (Å²) in [7, 11) is 0. The molecule has 0 aliphatic rings. The first-order valence-corrected chi connectivity index (χ1v) is 6.90. The zero-order valence-corrected chi connectivity index (χ0v) is 12.2. The first kappa shape index (κ1) is 16.7. The Hall–Kier alpha value is -2.64. The monoisotopic (exact) mass is 326 g/mol. The molecule has 0 fully saturated rings. The van der Waals surface area contributed by atoms with Gasteiger partial charge in [-0.1, -0.05) is 0 Å². The molecule has 6 nitrogen and oxygen atoms in total. The van der Waals surface area contributed by atoms with E-state index in [1.54, 1.807) is 24.3 Å². The van der Waals surface area contributed by atoms with E-state index < -0.39 is 30.6 Å². The number of hydrogen-bond acceptors (Lipinski definition) is 4. The third-order valence-electron chi connectivity index (χ3n) is 2.92. The number of alkyl halides is 2. The van der Waals surface area contributed by atoms with Crippen LogP contribution in [-0.4, -0.2) is 17.7 Å². The standard InChI is InChI=1S/C15H16F2N2O4/c16-15(17,7-13(20)18-9-11-3-1-5-22-11)8-14(21)19-10-12-4-2-6-23-12/h1-6H,7-10H2,(H,18,20)(H,19,21). The number of carbonyl (C=O) groups excluding carboxylic acids is 2. The molecule has 2 rings (SSSR count). The molecule has 0 aliphatic heterocycles. The van der Waals surface area contributed by atoms with E-state index in [-0.39, 0.29) is 13.1 Å². The fourth-order valence-electron chi connectivity index (χ4n) is 1.86. The number of furan rings is 2. The Morgan fingerprint density at radius 1 is 0.913 bits per heavy atom. The molecule has 0 bridgehead atoms. The summed E-state index contributed by atoms with van der Waals surface area (Å²) in [6.45, 7) is 0.0409. The molecule has 0 atom stereocenters. The van der Waals surface area contributed by atoms with Crippen LogP contribution in [0.3, 0.4) is 0 Å². The number of rotatable bonds is 8. The van der Waals surface area contributed by atoms with E-state index in [4.69, 9.17) is 8.83 Å². The van der Waals surface area contributed by atoms with Gasteiger partial charge in [0.1, 0.15) is 11.5 Å². The quantitative estimate of drug-likeness (QED) is 0.779. The lowest BCUT2D eigenvalue weighted by Gasteiger charge is -2.15. The molecule has 0 saturated carbocycles. The van der Waals surface area contributed by atoms with E-state index in [2.05, 4.69) is 10.6 Å². The second kappa shape index (κ2) is 7.57. The van der Waals surface area contributed by atoms with Crippen molar-refractivity contribution in [3.63, 3.8) is 0 Å². The topological polar surface area (TPSA) is 84.5 Å². The van der Waals surface area contributed by atoms with Crippen LogP contribution in [0.1, 0.15) is 24.4 Å². The first-order chi connectivity index (χ1) is 10.9. The summed E-state index contributed by atoms with van der Waals surface area (Å²) in [6.07, 6.45) is 0.697. The van der Waals surface area contributed by atoms with Gasteiger partial charge in [-0.25, -0.2) is 8.78 Å². The predicted molar refractivity (Wildman–Crippen MR) is 75.3 cm³/mol. The lowest BCUT2D eigenvalue weighted by Crippen LogP contribution is -2.35. The number of hydrogen-bond donors (Lipinski definition) is 2. The van der Waals surface area contributed by atoms with Crippen LogP contribution < -0.4 is 10.6 Å². The highest BCUT2D eigenvalue weighted by atomic mass is 19.3. The van der Waals surface area contributed by atoms with Crippen LogP contribution in [-0.2, 0) is 22.7 Å². The van der Waals surface area contributed by atoms with E-state index in [1.165, 1.54) is 12.5 Å². The van der Waals surface area contributed by atoms with E-state index >= 15 is 0 Å². The minimum absolute atomic E-state index is 0.0204. The minimum atomic E-state index is -3.43. The SMILES string of the molecule is O=C(CC(F)(F)CC(=O)NCc1ccco1)NCc1ccco1. The van der Waals surface area contributed by atoms with Gasteiger partial charge in [0.2, 0.25) is 11.8 Å². The largest absolute Gasteiger partial charge is 0.467 e. The highest BCUT2D eigenvalue weighted by Gasteiger charge is 2.35. The highest BCUT2D eigenvalue weighted by molar-refractivity contribution is 5.80. The molecule has 124 valence electrons. The van der Waals surface area contributed by atoms with E-state index in [9.17, 15) is 18.4 Å². The van der Waals surface area contributed by atoms with Gasteiger partial charge >= 0.3 is 0 Å². The van der Waals surface area contributed by atoms with Gasteiger partial charge in [-0.15, -0.1) is 0 Å². The van der Waals surface area contributed by atoms with E-state index in [1.807, 2.05) is 0 Å². The Kier molecular flexibility index (Phi) is 5.51. The van der Waals surface area contributed by atoms with Crippen molar-refractivity contribution in [2.24, 2.45) is 0 Å². The molecule has 2 heterocycles. The number of halogens is 2. The normalized spacial score (nSPS) is 11.2. The van der Waals surface area contributed by atoms with Crippen molar-refractivity contribution in [1.29, 1.82) is 0 Å². The molecule has 2 N–H and O–H groups in total. The molecule has 8 heteroatoms. The maximum Gasteiger partial charge on any atom is 0.265 e. The Morgan fingerprint density at radius 2 is 1.35 bits per heavy atom. The van der Waals surface area contributed by atoms with Crippen molar-refractivity contribution in [1.82, 2.24) is 10.6 Å². The Bertz CT molecular complexity index is 570. The summed E-state index contributed by atoms with van der Waals surface area (Å²) in [5, 5.41) is 4.62. The van der Waals surface area contributed by atoms with Crippen LogP contribution in [0, 0.1) is 0 Å². The zero-order chi connectivity index (χ0) is 16.7. The molecule has 0 unspecified atom stereocenters. The molecule has 0 aromatic carbocycles. The van der Waals surface area contributed by atoms with Crippen molar-refractivity contribution in [3.8, 4) is 0 Å². The van der Waals surface area contributed by atoms with Gasteiger partial charge < -0.3 is 19.5 Å². The molecule has 0 spiro atoms. The zero-order valence-electron chi connectivity index (χ0n) is 12.2. The van der Waals surface area contributed by atoms with E-state index in [0.717, 1.165) is 0 Å².